The molecule has 0 spiro atoms. The highest BCUT2D eigenvalue weighted by molar-refractivity contribution is 6.07. The Morgan fingerprint density at radius 2 is 1.79 bits per heavy atom. The van der Waals surface area contributed by atoms with Crippen LogP contribution in [-0.2, 0) is 4.74 Å². The molecule has 0 unspecified atom stereocenters. The molecule has 1 N–H and O–H groups in total. The molecule has 29 heavy (non-hydrogen) atoms. The van der Waals surface area contributed by atoms with E-state index in [0.29, 0.717) is 37.8 Å². The molecule has 2 aromatic rings. The first kappa shape index (κ1) is 19.5. The topological polar surface area (TPSA) is 74.8 Å². The maximum atomic E-state index is 12.8. The van der Waals surface area contributed by atoms with Crippen molar-refractivity contribution >= 4 is 28.7 Å². The molecule has 2 amide bonds. The molecule has 7 nitrogen and oxygen atoms in total. The van der Waals surface area contributed by atoms with E-state index in [1.54, 1.807) is 4.90 Å². The molecule has 1 aromatic heterocycles. The fourth-order valence-electron chi connectivity index (χ4n) is 3.45. The van der Waals surface area contributed by atoms with Crippen molar-refractivity contribution < 1.29 is 14.3 Å². The van der Waals surface area contributed by atoms with Gasteiger partial charge in [0.25, 0.3) is 5.91 Å². The lowest BCUT2D eigenvalue weighted by atomic mass is 10.1. The third kappa shape index (κ3) is 4.60. The summed E-state index contributed by atoms with van der Waals surface area (Å²) in [7, 11) is 0. The van der Waals surface area contributed by atoms with Crippen LogP contribution in [0.15, 0.2) is 30.3 Å². The minimum Gasteiger partial charge on any atom is -0.444 e. The van der Waals surface area contributed by atoms with Gasteiger partial charge in [0.2, 0.25) is 0 Å². The van der Waals surface area contributed by atoms with Crippen molar-refractivity contribution in [1.29, 1.82) is 0 Å². The largest absolute Gasteiger partial charge is 0.444 e. The van der Waals surface area contributed by atoms with Crippen molar-refractivity contribution in [3.8, 4) is 0 Å². The second kappa shape index (κ2) is 7.54. The van der Waals surface area contributed by atoms with Gasteiger partial charge in [-0.3, -0.25) is 4.79 Å². The molecule has 0 atom stereocenters. The Balaban J connectivity index is 1.52. The van der Waals surface area contributed by atoms with Gasteiger partial charge in [0.05, 0.1) is 11.1 Å². The van der Waals surface area contributed by atoms with Crippen molar-refractivity contribution in [3.05, 3.63) is 35.9 Å². The molecule has 1 aromatic carbocycles. The van der Waals surface area contributed by atoms with Crippen molar-refractivity contribution in [2.75, 3.05) is 31.1 Å². The summed E-state index contributed by atoms with van der Waals surface area (Å²) in [5, 5.41) is 3.94. The number of benzene rings is 1. The third-order valence-corrected chi connectivity index (χ3v) is 5.12. The Hall–Kier alpha value is -2.83. The molecular weight excluding hydrogens is 368 g/mol. The molecule has 1 saturated carbocycles. The summed E-state index contributed by atoms with van der Waals surface area (Å²) in [5.74, 6) is 0.730. The van der Waals surface area contributed by atoms with E-state index in [2.05, 4.69) is 10.2 Å². The Morgan fingerprint density at radius 1 is 1.10 bits per heavy atom. The number of anilines is 1. The number of piperazine rings is 1. The average molecular weight is 396 g/mol. The summed E-state index contributed by atoms with van der Waals surface area (Å²) in [6, 6.07) is 9.91. The van der Waals surface area contributed by atoms with Gasteiger partial charge in [0.15, 0.2) is 0 Å². The number of ether oxygens (including phenoxy) is 1. The van der Waals surface area contributed by atoms with Crippen LogP contribution in [0.2, 0.25) is 0 Å². The first-order valence-corrected chi connectivity index (χ1v) is 10.2. The van der Waals surface area contributed by atoms with Gasteiger partial charge in [0.1, 0.15) is 11.4 Å². The zero-order chi connectivity index (χ0) is 20.6. The smallest absolute Gasteiger partial charge is 0.410 e. The number of fused-ring (bicyclic) bond motifs is 1. The van der Waals surface area contributed by atoms with Gasteiger partial charge in [-0.15, -0.1) is 0 Å². The molecule has 1 saturated heterocycles. The molecule has 0 radical (unpaired) electrons. The standard InChI is InChI=1S/C22H28N4O3/c1-22(2,3)29-21(28)26-12-10-25(11-13-26)19-14-17(20(27)23-15-8-9-15)16-6-4-5-7-18(16)24-19/h4-7,14-15H,8-13H2,1-3H3,(H,23,27). The fraction of sp³-hybridized carbons (Fsp3) is 0.500. The van der Waals surface area contributed by atoms with Gasteiger partial charge in [0, 0.05) is 37.6 Å². The average Bonchev–Trinajstić information content (AvgIpc) is 3.50. The van der Waals surface area contributed by atoms with Gasteiger partial charge < -0.3 is 19.9 Å². The number of aromatic nitrogens is 1. The van der Waals surface area contributed by atoms with Crippen LogP contribution in [0.5, 0.6) is 0 Å². The van der Waals surface area contributed by atoms with E-state index < -0.39 is 5.60 Å². The summed E-state index contributed by atoms with van der Waals surface area (Å²) in [6.45, 7) is 8.03. The lowest BCUT2D eigenvalue weighted by molar-refractivity contribution is 0.0240. The lowest BCUT2D eigenvalue weighted by Gasteiger charge is -2.36. The van der Waals surface area contributed by atoms with Crippen LogP contribution < -0.4 is 10.2 Å². The number of rotatable bonds is 3. The van der Waals surface area contributed by atoms with Crippen LogP contribution in [0.3, 0.4) is 0 Å². The quantitative estimate of drug-likeness (QED) is 0.862. The number of pyridine rings is 1. The van der Waals surface area contributed by atoms with E-state index in [0.717, 1.165) is 29.6 Å². The molecule has 4 rings (SSSR count). The number of amides is 2. The monoisotopic (exact) mass is 396 g/mol. The highest BCUT2D eigenvalue weighted by Crippen LogP contribution is 2.26. The van der Waals surface area contributed by atoms with E-state index in [1.807, 2.05) is 51.1 Å². The van der Waals surface area contributed by atoms with E-state index in [9.17, 15) is 9.59 Å². The Bertz CT molecular complexity index is 925. The maximum Gasteiger partial charge on any atom is 0.410 e. The molecule has 1 aliphatic heterocycles. The number of nitrogens with zero attached hydrogens (tertiary/aromatic N) is 3. The van der Waals surface area contributed by atoms with Crippen molar-refractivity contribution in [2.24, 2.45) is 0 Å². The predicted octanol–water partition coefficient (Wildman–Crippen LogP) is 3.18. The van der Waals surface area contributed by atoms with Gasteiger partial charge in [-0.2, -0.15) is 0 Å². The van der Waals surface area contributed by atoms with Crippen molar-refractivity contribution in [1.82, 2.24) is 15.2 Å². The Kier molecular flexibility index (Phi) is 5.06. The second-order valence-electron chi connectivity index (χ2n) is 8.75. The van der Waals surface area contributed by atoms with Crippen molar-refractivity contribution in [3.63, 3.8) is 0 Å². The highest BCUT2D eigenvalue weighted by Gasteiger charge is 2.28. The molecule has 2 fully saturated rings. The number of para-hydroxylation sites is 1. The fourth-order valence-corrected chi connectivity index (χ4v) is 3.45. The highest BCUT2D eigenvalue weighted by atomic mass is 16.6. The van der Waals surface area contributed by atoms with Crippen LogP contribution in [0.25, 0.3) is 10.9 Å². The van der Waals surface area contributed by atoms with Gasteiger partial charge in [-0.05, 0) is 45.7 Å². The van der Waals surface area contributed by atoms with Crippen molar-refractivity contribution in [2.45, 2.75) is 45.3 Å². The van der Waals surface area contributed by atoms with E-state index in [1.165, 1.54) is 0 Å². The molecule has 2 aliphatic rings. The second-order valence-corrected chi connectivity index (χ2v) is 8.75. The molecular formula is C22H28N4O3. The Labute approximate surface area is 171 Å². The van der Waals surface area contributed by atoms with Crippen LogP contribution in [0.1, 0.15) is 44.0 Å². The molecule has 0 bridgehead atoms. The van der Waals surface area contributed by atoms with Crippen LogP contribution in [0, 0.1) is 0 Å². The first-order chi connectivity index (χ1) is 13.8. The van der Waals surface area contributed by atoms with Gasteiger partial charge in [-0.1, -0.05) is 18.2 Å². The zero-order valence-electron chi connectivity index (χ0n) is 17.3. The third-order valence-electron chi connectivity index (χ3n) is 5.12. The molecule has 1 aliphatic carbocycles. The number of nitrogens with one attached hydrogen (secondary N) is 1. The van der Waals surface area contributed by atoms with E-state index in [-0.39, 0.29) is 12.0 Å². The molecule has 154 valence electrons. The number of carbonyl (C=O) groups excluding carboxylic acids is 2. The first-order valence-electron chi connectivity index (χ1n) is 10.2. The SMILES string of the molecule is CC(C)(C)OC(=O)N1CCN(c2cc(C(=O)NC3CC3)c3ccccc3n2)CC1. The normalized spacial score (nSPS) is 17.3. The minimum atomic E-state index is -0.502. The summed E-state index contributed by atoms with van der Waals surface area (Å²) in [5.41, 5.74) is 0.963. The summed E-state index contributed by atoms with van der Waals surface area (Å²) in [6.07, 6.45) is 1.82. The Morgan fingerprint density at radius 3 is 2.45 bits per heavy atom. The van der Waals surface area contributed by atoms with E-state index >= 15 is 0 Å². The van der Waals surface area contributed by atoms with Gasteiger partial charge in [-0.25, -0.2) is 9.78 Å². The number of carbonyl (C=O) groups is 2. The molecule has 2 heterocycles. The zero-order valence-corrected chi connectivity index (χ0v) is 17.3. The van der Waals surface area contributed by atoms with E-state index in [4.69, 9.17) is 9.72 Å². The number of hydrogen-bond acceptors (Lipinski definition) is 5. The lowest BCUT2D eigenvalue weighted by Crippen LogP contribution is -2.50. The predicted molar refractivity (Wildman–Crippen MR) is 112 cm³/mol. The van der Waals surface area contributed by atoms with Crippen LogP contribution >= 0.6 is 0 Å². The van der Waals surface area contributed by atoms with Crippen LogP contribution in [0.4, 0.5) is 10.6 Å². The summed E-state index contributed by atoms with van der Waals surface area (Å²) in [4.78, 5) is 33.7. The van der Waals surface area contributed by atoms with Gasteiger partial charge >= 0.3 is 6.09 Å². The summed E-state index contributed by atoms with van der Waals surface area (Å²) >= 11 is 0. The maximum absolute atomic E-state index is 12.8. The summed E-state index contributed by atoms with van der Waals surface area (Å²) < 4.78 is 5.47. The molecule has 7 heteroatoms. The minimum absolute atomic E-state index is 0.0419. The van der Waals surface area contributed by atoms with Crippen LogP contribution in [-0.4, -0.2) is 59.7 Å². The number of hydrogen-bond donors (Lipinski definition) is 1.